The SMILES string of the molecule is CCOC(=O)C/C(=N/Nc1ccc([N+](=O)[O-])cc1[N+](=O)[O-])OCC. The summed E-state index contributed by atoms with van der Waals surface area (Å²) in [7, 11) is 0. The number of hydrogen-bond acceptors (Lipinski definition) is 9. The first-order valence-corrected chi connectivity index (χ1v) is 6.92. The fourth-order valence-corrected chi connectivity index (χ4v) is 1.63. The molecule has 11 nitrogen and oxygen atoms in total. The van der Waals surface area contributed by atoms with Gasteiger partial charge in [0.15, 0.2) is 0 Å². The van der Waals surface area contributed by atoms with Crippen molar-refractivity contribution in [1.82, 2.24) is 0 Å². The number of nitro groups is 2. The van der Waals surface area contributed by atoms with E-state index >= 15 is 0 Å². The van der Waals surface area contributed by atoms with Gasteiger partial charge in [-0.2, -0.15) is 0 Å². The molecule has 1 rings (SSSR count). The number of hydrazone groups is 1. The lowest BCUT2D eigenvalue weighted by Gasteiger charge is -2.08. The van der Waals surface area contributed by atoms with E-state index in [4.69, 9.17) is 9.47 Å². The van der Waals surface area contributed by atoms with Gasteiger partial charge < -0.3 is 9.47 Å². The monoisotopic (exact) mass is 340 g/mol. The second kappa shape index (κ2) is 9.02. The third kappa shape index (κ3) is 5.51. The first kappa shape index (κ1) is 18.8. The molecule has 24 heavy (non-hydrogen) atoms. The highest BCUT2D eigenvalue weighted by Crippen LogP contribution is 2.28. The van der Waals surface area contributed by atoms with Crippen LogP contribution in [0.25, 0.3) is 0 Å². The molecule has 0 heterocycles. The highest BCUT2D eigenvalue weighted by molar-refractivity contribution is 5.94. The first-order chi connectivity index (χ1) is 11.4. The highest BCUT2D eigenvalue weighted by atomic mass is 16.6. The van der Waals surface area contributed by atoms with Crippen LogP contribution in [0.3, 0.4) is 0 Å². The largest absolute Gasteiger partial charge is 0.480 e. The molecule has 0 fully saturated rings. The number of carbonyl (C=O) groups excluding carboxylic acids is 1. The van der Waals surface area contributed by atoms with Gasteiger partial charge in [0.05, 0.1) is 29.1 Å². The van der Waals surface area contributed by atoms with Crippen molar-refractivity contribution in [3.05, 3.63) is 38.4 Å². The fraction of sp³-hybridized carbons (Fsp3) is 0.385. The van der Waals surface area contributed by atoms with Gasteiger partial charge >= 0.3 is 11.7 Å². The molecule has 1 aromatic rings. The van der Waals surface area contributed by atoms with E-state index in [-0.39, 0.29) is 31.2 Å². The van der Waals surface area contributed by atoms with E-state index in [1.165, 1.54) is 0 Å². The van der Waals surface area contributed by atoms with Crippen LogP contribution in [0.2, 0.25) is 0 Å². The van der Waals surface area contributed by atoms with Crippen molar-refractivity contribution < 1.29 is 24.1 Å². The van der Waals surface area contributed by atoms with Crippen LogP contribution in [-0.4, -0.2) is 34.9 Å². The Kier molecular flexibility index (Phi) is 7.07. The molecule has 0 aromatic heterocycles. The van der Waals surface area contributed by atoms with Gasteiger partial charge in [-0.25, -0.2) is 0 Å². The molecular formula is C13H16N4O7. The third-order valence-corrected chi connectivity index (χ3v) is 2.60. The Hall–Kier alpha value is -3.24. The van der Waals surface area contributed by atoms with Crippen molar-refractivity contribution in [1.29, 1.82) is 0 Å². The number of nitro benzene ring substituents is 2. The van der Waals surface area contributed by atoms with Crippen LogP contribution < -0.4 is 5.43 Å². The lowest BCUT2D eigenvalue weighted by molar-refractivity contribution is -0.393. The molecule has 130 valence electrons. The summed E-state index contributed by atoms with van der Waals surface area (Å²) in [6, 6.07) is 3.05. The Morgan fingerprint density at radius 2 is 1.83 bits per heavy atom. The molecule has 0 radical (unpaired) electrons. The van der Waals surface area contributed by atoms with E-state index in [1.54, 1.807) is 13.8 Å². The van der Waals surface area contributed by atoms with E-state index in [9.17, 15) is 25.0 Å². The molecular weight excluding hydrogens is 324 g/mol. The average Bonchev–Trinajstić information content (AvgIpc) is 2.52. The predicted molar refractivity (Wildman–Crippen MR) is 83.7 cm³/mol. The predicted octanol–water partition coefficient (Wildman–Crippen LogP) is 2.22. The average molecular weight is 340 g/mol. The van der Waals surface area contributed by atoms with Crippen molar-refractivity contribution >= 4 is 28.9 Å². The zero-order chi connectivity index (χ0) is 18.1. The molecule has 0 atom stereocenters. The number of anilines is 1. The molecule has 1 aromatic carbocycles. The molecule has 0 unspecified atom stereocenters. The molecule has 0 aliphatic carbocycles. The van der Waals surface area contributed by atoms with Crippen molar-refractivity contribution in [3.8, 4) is 0 Å². The van der Waals surface area contributed by atoms with Crippen LogP contribution in [-0.2, 0) is 14.3 Å². The van der Waals surface area contributed by atoms with Crippen molar-refractivity contribution in [3.63, 3.8) is 0 Å². The summed E-state index contributed by atoms with van der Waals surface area (Å²) in [5.74, 6) is -0.590. The maximum Gasteiger partial charge on any atom is 0.315 e. The van der Waals surface area contributed by atoms with Crippen LogP contribution in [0, 0.1) is 20.2 Å². The second-order valence-electron chi connectivity index (χ2n) is 4.25. The number of nitrogens with zero attached hydrogens (tertiary/aromatic N) is 3. The molecule has 0 aliphatic heterocycles. The van der Waals surface area contributed by atoms with Crippen LogP contribution in [0.1, 0.15) is 20.3 Å². The minimum atomic E-state index is -0.781. The number of carbonyl (C=O) groups is 1. The summed E-state index contributed by atoms with van der Waals surface area (Å²) in [6.07, 6.45) is -0.255. The van der Waals surface area contributed by atoms with E-state index in [1.807, 2.05) is 0 Å². The van der Waals surface area contributed by atoms with Gasteiger partial charge in [-0.05, 0) is 19.9 Å². The number of rotatable bonds is 8. The Bertz CT molecular complexity index is 660. The third-order valence-electron chi connectivity index (χ3n) is 2.60. The van der Waals surface area contributed by atoms with Crippen LogP contribution >= 0.6 is 0 Å². The van der Waals surface area contributed by atoms with Gasteiger partial charge in [0.2, 0.25) is 5.90 Å². The van der Waals surface area contributed by atoms with Gasteiger partial charge in [-0.1, -0.05) is 0 Å². The summed E-state index contributed by atoms with van der Waals surface area (Å²) in [5.41, 5.74) is 1.36. The van der Waals surface area contributed by atoms with Gasteiger partial charge in [0.25, 0.3) is 5.69 Å². The van der Waals surface area contributed by atoms with Crippen LogP contribution in [0.5, 0.6) is 0 Å². The summed E-state index contributed by atoms with van der Waals surface area (Å²) in [6.45, 7) is 3.74. The number of hydrogen-bond donors (Lipinski definition) is 1. The molecule has 0 aliphatic rings. The molecule has 0 amide bonds. The molecule has 0 bridgehead atoms. The normalized spacial score (nSPS) is 10.8. The van der Waals surface area contributed by atoms with Crippen LogP contribution in [0.4, 0.5) is 17.1 Å². The van der Waals surface area contributed by atoms with Gasteiger partial charge in [0, 0.05) is 6.07 Å². The highest BCUT2D eigenvalue weighted by Gasteiger charge is 2.19. The summed E-state index contributed by atoms with van der Waals surface area (Å²) < 4.78 is 9.92. The number of nitrogens with one attached hydrogen (secondary N) is 1. The Morgan fingerprint density at radius 1 is 1.17 bits per heavy atom. The topological polar surface area (TPSA) is 146 Å². The van der Waals surface area contributed by atoms with Crippen molar-refractivity contribution in [2.45, 2.75) is 20.3 Å². The van der Waals surface area contributed by atoms with Gasteiger partial charge in [-0.15, -0.1) is 5.10 Å². The lowest BCUT2D eigenvalue weighted by Crippen LogP contribution is -2.15. The summed E-state index contributed by atoms with van der Waals surface area (Å²) >= 11 is 0. The maximum absolute atomic E-state index is 11.4. The number of esters is 1. The maximum atomic E-state index is 11.4. The van der Waals surface area contributed by atoms with Crippen LogP contribution in [0.15, 0.2) is 23.3 Å². The van der Waals surface area contributed by atoms with Gasteiger partial charge in [0.1, 0.15) is 12.1 Å². The molecule has 0 saturated carbocycles. The Labute approximate surface area is 136 Å². The molecule has 0 spiro atoms. The standard InChI is InChI=1S/C13H16N4O7/c1-3-23-12(8-13(18)24-4-2)15-14-10-6-5-9(16(19)20)7-11(10)17(21)22/h5-7,14H,3-4,8H2,1-2H3/b15-12-. The van der Waals surface area contributed by atoms with E-state index < -0.39 is 27.2 Å². The lowest BCUT2D eigenvalue weighted by atomic mass is 10.2. The number of ether oxygens (including phenoxy) is 2. The zero-order valence-electron chi connectivity index (χ0n) is 13.1. The molecule has 11 heteroatoms. The van der Waals surface area contributed by atoms with E-state index in [0.29, 0.717) is 0 Å². The van der Waals surface area contributed by atoms with Crippen molar-refractivity contribution in [2.24, 2.45) is 5.10 Å². The Balaban J connectivity index is 3.01. The fourth-order valence-electron chi connectivity index (χ4n) is 1.63. The van der Waals surface area contributed by atoms with Gasteiger partial charge in [-0.3, -0.25) is 30.4 Å². The first-order valence-electron chi connectivity index (χ1n) is 6.92. The summed E-state index contributed by atoms with van der Waals surface area (Å²) in [5, 5.41) is 25.5. The zero-order valence-corrected chi connectivity index (χ0v) is 13.1. The summed E-state index contributed by atoms with van der Waals surface area (Å²) in [4.78, 5) is 31.6. The second-order valence-corrected chi connectivity index (χ2v) is 4.25. The smallest absolute Gasteiger partial charge is 0.315 e. The van der Waals surface area contributed by atoms with Crippen molar-refractivity contribution in [2.75, 3.05) is 18.6 Å². The molecule has 0 saturated heterocycles. The van der Waals surface area contributed by atoms with E-state index in [2.05, 4.69) is 10.5 Å². The molecule has 1 N–H and O–H groups in total. The minimum Gasteiger partial charge on any atom is -0.480 e. The number of benzene rings is 1. The number of non-ortho nitro benzene ring substituents is 1. The minimum absolute atomic E-state index is 0.0244. The Morgan fingerprint density at radius 3 is 2.38 bits per heavy atom. The quantitative estimate of drug-likeness (QED) is 0.249. The van der Waals surface area contributed by atoms with E-state index in [0.717, 1.165) is 18.2 Å².